The van der Waals surface area contributed by atoms with Crippen molar-refractivity contribution in [3.05, 3.63) is 35.4 Å². The van der Waals surface area contributed by atoms with Crippen molar-refractivity contribution in [2.24, 2.45) is 5.92 Å². The molecule has 0 radical (unpaired) electrons. The lowest BCUT2D eigenvalue weighted by Crippen LogP contribution is -2.27. The second-order valence-electron chi connectivity index (χ2n) is 4.52. The number of amides is 1. The third kappa shape index (κ3) is 3.07. The monoisotopic (exact) mass is 269 g/mol. The standard InChI is InChI=1S/C13H13F2NO3/c14-9-2-1-3-10(15)12(9)7-6-8(7)13(19)16-5-4-11(17)18/h1-3,7-8H,4-6H2,(H,16,19)(H,17,18). The molecule has 0 bridgehead atoms. The first-order chi connectivity index (χ1) is 9.00. The van der Waals surface area contributed by atoms with E-state index >= 15 is 0 Å². The minimum absolute atomic E-state index is 0.0249. The number of halogens is 2. The second-order valence-corrected chi connectivity index (χ2v) is 4.52. The number of rotatable bonds is 5. The fourth-order valence-electron chi connectivity index (χ4n) is 2.09. The van der Waals surface area contributed by atoms with Gasteiger partial charge < -0.3 is 10.4 Å². The predicted octanol–water partition coefficient (Wildman–Crippen LogP) is 1.66. The van der Waals surface area contributed by atoms with Crippen LogP contribution in [0.4, 0.5) is 8.78 Å². The fraction of sp³-hybridized carbons (Fsp3) is 0.385. The SMILES string of the molecule is O=C(O)CCNC(=O)C1CC1c1c(F)cccc1F. The first-order valence-electron chi connectivity index (χ1n) is 5.94. The van der Waals surface area contributed by atoms with Crippen LogP contribution >= 0.6 is 0 Å². The number of carbonyl (C=O) groups excluding carboxylic acids is 1. The van der Waals surface area contributed by atoms with Gasteiger partial charge in [-0.3, -0.25) is 9.59 Å². The molecule has 4 nitrogen and oxygen atoms in total. The third-order valence-corrected chi connectivity index (χ3v) is 3.14. The number of carboxylic acid groups (broad SMARTS) is 1. The van der Waals surface area contributed by atoms with Crippen molar-refractivity contribution in [3.63, 3.8) is 0 Å². The highest BCUT2D eigenvalue weighted by atomic mass is 19.1. The van der Waals surface area contributed by atoms with Gasteiger partial charge in [0.15, 0.2) is 0 Å². The maximum Gasteiger partial charge on any atom is 0.305 e. The van der Waals surface area contributed by atoms with Crippen molar-refractivity contribution in [1.29, 1.82) is 0 Å². The molecule has 102 valence electrons. The summed E-state index contributed by atoms with van der Waals surface area (Å²) >= 11 is 0. The Morgan fingerprint density at radius 3 is 2.53 bits per heavy atom. The van der Waals surface area contributed by atoms with E-state index in [0.717, 1.165) is 12.1 Å². The van der Waals surface area contributed by atoms with Gasteiger partial charge in [0.05, 0.1) is 6.42 Å². The fourth-order valence-corrected chi connectivity index (χ4v) is 2.09. The quantitative estimate of drug-likeness (QED) is 0.854. The van der Waals surface area contributed by atoms with Crippen molar-refractivity contribution in [1.82, 2.24) is 5.32 Å². The van der Waals surface area contributed by atoms with Crippen LogP contribution in [0.25, 0.3) is 0 Å². The summed E-state index contributed by atoms with van der Waals surface area (Å²) in [6.07, 6.45) is 0.216. The number of nitrogens with one attached hydrogen (secondary N) is 1. The van der Waals surface area contributed by atoms with E-state index in [-0.39, 0.29) is 24.4 Å². The third-order valence-electron chi connectivity index (χ3n) is 3.14. The summed E-state index contributed by atoms with van der Waals surface area (Å²) in [7, 11) is 0. The lowest BCUT2D eigenvalue weighted by molar-refractivity contribution is -0.136. The molecule has 0 spiro atoms. The van der Waals surface area contributed by atoms with Gasteiger partial charge in [-0.25, -0.2) is 8.78 Å². The van der Waals surface area contributed by atoms with Crippen LogP contribution in [0.5, 0.6) is 0 Å². The van der Waals surface area contributed by atoms with Crippen molar-refractivity contribution < 1.29 is 23.5 Å². The highest BCUT2D eigenvalue weighted by Crippen LogP contribution is 2.49. The Labute approximate surface area is 108 Å². The molecular formula is C13H13F2NO3. The molecule has 2 unspecified atom stereocenters. The van der Waals surface area contributed by atoms with Crippen molar-refractivity contribution in [2.45, 2.75) is 18.8 Å². The van der Waals surface area contributed by atoms with Crippen LogP contribution in [-0.2, 0) is 9.59 Å². The van der Waals surface area contributed by atoms with Crippen LogP contribution in [0.2, 0.25) is 0 Å². The highest BCUT2D eigenvalue weighted by Gasteiger charge is 2.46. The van der Waals surface area contributed by atoms with Gasteiger partial charge in [-0.2, -0.15) is 0 Å². The summed E-state index contributed by atoms with van der Waals surface area (Å²) in [5.74, 6) is -3.58. The normalized spacial score (nSPS) is 20.9. The molecule has 0 aromatic heterocycles. The van der Waals surface area contributed by atoms with Gasteiger partial charge in [0.25, 0.3) is 0 Å². The van der Waals surface area contributed by atoms with Crippen LogP contribution in [0, 0.1) is 17.6 Å². The topological polar surface area (TPSA) is 66.4 Å². The molecule has 1 amide bonds. The molecule has 0 aliphatic heterocycles. The Morgan fingerprint density at radius 1 is 1.32 bits per heavy atom. The van der Waals surface area contributed by atoms with Gasteiger partial charge in [0.2, 0.25) is 5.91 Å². The zero-order valence-corrected chi connectivity index (χ0v) is 10.0. The average molecular weight is 269 g/mol. The summed E-state index contributed by atoms with van der Waals surface area (Å²) in [6.45, 7) is 0.0249. The van der Waals surface area contributed by atoms with E-state index in [2.05, 4.69) is 5.32 Å². The average Bonchev–Trinajstić information content (AvgIpc) is 3.08. The summed E-state index contributed by atoms with van der Waals surface area (Å²) in [6, 6.07) is 3.60. The van der Waals surface area contributed by atoms with Gasteiger partial charge >= 0.3 is 5.97 Å². The molecule has 1 aromatic carbocycles. The van der Waals surface area contributed by atoms with Gasteiger partial charge in [0, 0.05) is 23.9 Å². The minimum atomic E-state index is -1.01. The molecule has 0 heterocycles. The summed E-state index contributed by atoms with van der Waals surface area (Å²) in [5, 5.41) is 10.9. The minimum Gasteiger partial charge on any atom is -0.481 e. The predicted molar refractivity (Wildman–Crippen MR) is 62.5 cm³/mol. The molecule has 1 fully saturated rings. The Kier molecular flexibility index (Phi) is 3.78. The number of aliphatic carboxylic acids is 1. The lowest BCUT2D eigenvalue weighted by atomic mass is 10.1. The molecular weight excluding hydrogens is 256 g/mol. The summed E-state index contributed by atoms with van der Waals surface area (Å²) < 4.78 is 27.0. The van der Waals surface area contributed by atoms with Gasteiger partial charge in [-0.05, 0) is 18.6 Å². The Morgan fingerprint density at radius 2 is 1.95 bits per heavy atom. The van der Waals surface area contributed by atoms with Gasteiger partial charge in [0.1, 0.15) is 11.6 Å². The van der Waals surface area contributed by atoms with Crippen LogP contribution in [0.15, 0.2) is 18.2 Å². The van der Waals surface area contributed by atoms with Crippen LogP contribution in [0.3, 0.4) is 0 Å². The Hall–Kier alpha value is -1.98. The van der Waals surface area contributed by atoms with Gasteiger partial charge in [-0.1, -0.05) is 6.07 Å². The molecule has 1 aliphatic carbocycles. The first-order valence-corrected chi connectivity index (χ1v) is 5.94. The van der Waals surface area contributed by atoms with Gasteiger partial charge in [-0.15, -0.1) is 0 Å². The van der Waals surface area contributed by atoms with Crippen LogP contribution in [0.1, 0.15) is 24.3 Å². The van der Waals surface area contributed by atoms with E-state index in [1.165, 1.54) is 6.07 Å². The van der Waals surface area contributed by atoms with E-state index in [4.69, 9.17) is 5.11 Å². The number of carbonyl (C=O) groups is 2. The zero-order valence-electron chi connectivity index (χ0n) is 10.0. The van der Waals surface area contributed by atoms with E-state index in [0.29, 0.717) is 6.42 Å². The zero-order chi connectivity index (χ0) is 14.0. The molecule has 1 saturated carbocycles. The molecule has 0 saturated heterocycles. The molecule has 19 heavy (non-hydrogen) atoms. The first kappa shape index (κ1) is 13.5. The molecule has 2 N–H and O–H groups in total. The summed E-state index contributed by atoms with van der Waals surface area (Å²) in [5.41, 5.74) is -0.0547. The number of hydrogen-bond donors (Lipinski definition) is 2. The maximum absolute atomic E-state index is 13.5. The summed E-state index contributed by atoms with van der Waals surface area (Å²) in [4.78, 5) is 21.9. The smallest absolute Gasteiger partial charge is 0.305 e. The van der Waals surface area contributed by atoms with Crippen LogP contribution in [-0.4, -0.2) is 23.5 Å². The molecule has 2 atom stereocenters. The molecule has 2 rings (SSSR count). The number of carboxylic acids is 1. The molecule has 1 aromatic rings. The van der Waals surface area contributed by atoms with Crippen molar-refractivity contribution in [3.8, 4) is 0 Å². The van der Waals surface area contributed by atoms with E-state index in [9.17, 15) is 18.4 Å². The number of hydrogen-bond acceptors (Lipinski definition) is 2. The van der Waals surface area contributed by atoms with E-state index in [1.807, 2.05) is 0 Å². The molecule has 1 aliphatic rings. The highest BCUT2D eigenvalue weighted by molar-refractivity contribution is 5.83. The van der Waals surface area contributed by atoms with E-state index in [1.54, 1.807) is 0 Å². The largest absolute Gasteiger partial charge is 0.481 e. The Bertz CT molecular complexity index is 498. The molecule has 6 heteroatoms. The number of benzene rings is 1. The van der Waals surface area contributed by atoms with E-state index < -0.39 is 29.4 Å². The Balaban J connectivity index is 1.93. The van der Waals surface area contributed by atoms with Crippen molar-refractivity contribution in [2.75, 3.05) is 6.54 Å². The lowest BCUT2D eigenvalue weighted by Gasteiger charge is -2.05. The van der Waals surface area contributed by atoms with Crippen LogP contribution < -0.4 is 5.32 Å². The van der Waals surface area contributed by atoms with Crippen molar-refractivity contribution >= 4 is 11.9 Å². The second kappa shape index (κ2) is 5.34. The maximum atomic E-state index is 13.5.